The molecule has 0 radical (unpaired) electrons. The predicted molar refractivity (Wildman–Crippen MR) is 76.2 cm³/mol. The van der Waals surface area contributed by atoms with Crippen LogP contribution in [0.4, 0.5) is 0 Å². The van der Waals surface area contributed by atoms with Crippen molar-refractivity contribution in [2.24, 2.45) is 0 Å². The summed E-state index contributed by atoms with van der Waals surface area (Å²) in [5.41, 5.74) is 1.45. The molecule has 18 heavy (non-hydrogen) atoms. The van der Waals surface area contributed by atoms with Gasteiger partial charge in [0.15, 0.2) is 0 Å². The number of aliphatic hydroxyl groups excluding tert-OH is 1. The minimum atomic E-state index is -0.758. The van der Waals surface area contributed by atoms with Crippen molar-refractivity contribution < 1.29 is 9.84 Å². The molecule has 0 saturated carbocycles. The second-order valence-electron chi connectivity index (χ2n) is 3.84. The van der Waals surface area contributed by atoms with E-state index in [1.165, 1.54) is 0 Å². The van der Waals surface area contributed by atoms with Crippen LogP contribution in [0.25, 0.3) is 0 Å². The third-order valence-corrected chi connectivity index (χ3v) is 3.44. The summed E-state index contributed by atoms with van der Waals surface area (Å²) in [6, 6.07) is 12.7. The van der Waals surface area contributed by atoms with Gasteiger partial charge in [0.2, 0.25) is 0 Å². The van der Waals surface area contributed by atoms with Crippen LogP contribution in [0.3, 0.4) is 0 Å². The highest BCUT2D eigenvalue weighted by Crippen LogP contribution is 2.32. The Morgan fingerprint density at radius 1 is 1.17 bits per heavy atom. The fourth-order valence-corrected chi connectivity index (χ4v) is 2.19. The molecule has 0 heterocycles. The van der Waals surface area contributed by atoms with Crippen LogP contribution < -0.4 is 4.74 Å². The Hall–Kier alpha value is -1.03. The first-order valence-corrected chi connectivity index (χ1v) is 6.56. The molecule has 1 atom stereocenters. The molecule has 94 valence electrons. The average Bonchev–Trinajstić information content (AvgIpc) is 2.39. The van der Waals surface area contributed by atoms with Crippen molar-refractivity contribution in [3.63, 3.8) is 0 Å². The molecule has 0 fully saturated rings. The molecule has 0 aromatic heterocycles. The van der Waals surface area contributed by atoms with E-state index < -0.39 is 6.10 Å². The first-order chi connectivity index (χ1) is 8.61. The second-order valence-corrected chi connectivity index (χ2v) is 5.19. The highest BCUT2D eigenvalue weighted by atomic mass is 79.9. The number of rotatable bonds is 3. The molecule has 0 amide bonds. The Morgan fingerprint density at radius 2 is 1.83 bits per heavy atom. The SMILES string of the molecule is COc1ccc(Cl)cc1[C@@H](O)c1ccc(Br)cc1. The summed E-state index contributed by atoms with van der Waals surface area (Å²) in [5, 5.41) is 10.9. The zero-order chi connectivity index (χ0) is 13.1. The summed E-state index contributed by atoms with van der Waals surface area (Å²) in [6.45, 7) is 0. The molecular formula is C14H12BrClO2. The standard InChI is InChI=1S/C14H12BrClO2/c1-18-13-7-6-11(16)8-12(13)14(17)9-2-4-10(15)5-3-9/h2-8,14,17H,1H3/t14-/m0/s1. The monoisotopic (exact) mass is 326 g/mol. The van der Waals surface area contributed by atoms with Crippen molar-refractivity contribution >= 4 is 27.5 Å². The summed E-state index contributed by atoms with van der Waals surface area (Å²) >= 11 is 9.32. The molecule has 0 unspecified atom stereocenters. The largest absolute Gasteiger partial charge is 0.496 e. The smallest absolute Gasteiger partial charge is 0.125 e. The highest BCUT2D eigenvalue weighted by Gasteiger charge is 2.15. The van der Waals surface area contributed by atoms with E-state index in [1.54, 1.807) is 25.3 Å². The maximum Gasteiger partial charge on any atom is 0.125 e. The fourth-order valence-electron chi connectivity index (χ4n) is 1.74. The van der Waals surface area contributed by atoms with Crippen molar-refractivity contribution in [3.8, 4) is 5.75 Å². The van der Waals surface area contributed by atoms with Crippen molar-refractivity contribution in [3.05, 3.63) is 63.1 Å². The minimum Gasteiger partial charge on any atom is -0.496 e. The molecule has 0 aliphatic heterocycles. The van der Waals surface area contributed by atoms with Crippen LogP contribution in [0.15, 0.2) is 46.9 Å². The van der Waals surface area contributed by atoms with Gasteiger partial charge in [-0.15, -0.1) is 0 Å². The van der Waals surface area contributed by atoms with Crippen LogP contribution in [0.5, 0.6) is 5.75 Å². The van der Waals surface area contributed by atoms with E-state index in [-0.39, 0.29) is 0 Å². The first-order valence-electron chi connectivity index (χ1n) is 5.39. The Morgan fingerprint density at radius 3 is 2.44 bits per heavy atom. The average molecular weight is 328 g/mol. The van der Waals surface area contributed by atoms with E-state index >= 15 is 0 Å². The molecule has 2 rings (SSSR count). The molecule has 2 nitrogen and oxygen atoms in total. The molecule has 0 aliphatic carbocycles. The fraction of sp³-hybridized carbons (Fsp3) is 0.143. The van der Waals surface area contributed by atoms with E-state index in [0.29, 0.717) is 16.3 Å². The van der Waals surface area contributed by atoms with Crippen LogP contribution >= 0.6 is 27.5 Å². The molecular weight excluding hydrogens is 316 g/mol. The predicted octanol–water partition coefficient (Wildman–Crippen LogP) is 4.19. The lowest BCUT2D eigenvalue weighted by atomic mass is 10.0. The van der Waals surface area contributed by atoms with Crippen molar-refractivity contribution in [1.82, 2.24) is 0 Å². The van der Waals surface area contributed by atoms with Crippen molar-refractivity contribution in [2.45, 2.75) is 6.10 Å². The van der Waals surface area contributed by atoms with Crippen molar-refractivity contribution in [1.29, 1.82) is 0 Å². The van der Waals surface area contributed by atoms with Gasteiger partial charge in [-0.05, 0) is 35.9 Å². The zero-order valence-electron chi connectivity index (χ0n) is 9.73. The van der Waals surface area contributed by atoms with Gasteiger partial charge < -0.3 is 9.84 Å². The molecule has 0 bridgehead atoms. The van der Waals surface area contributed by atoms with Gasteiger partial charge in [-0.2, -0.15) is 0 Å². The maximum absolute atomic E-state index is 10.4. The second kappa shape index (κ2) is 5.74. The van der Waals surface area contributed by atoms with E-state index in [4.69, 9.17) is 16.3 Å². The normalized spacial score (nSPS) is 12.2. The van der Waals surface area contributed by atoms with Gasteiger partial charge >= 0.3 is 0 Å². The van der Waals surface area contributed by atoms with E-state index in [0.717, 1.165) is 10.0 Å². The van der Waals surface area contributed by atoms with Crippen molar-refractivity contribution in [2.75, 3.05) is 7.11 Å². The lowest BCUT2D eigenvalue weighted by Crippen LogP contribution is -2.02. The van der Waals surface area contributed by atoms with Gasteiger partial charge in [-0.25, -0.2) is 0 Å². The molecule has 0 saturated heterocycles. The summed E-state index contributed by atoms with van der Waals surface area (Å²) in [4.78, 5) is 0. The van der Waals surface area contributed by atoms with E-state index in [1.807, 2.05) is 24.3 Å². The number of benzene rings is 2. The summed E-state index contributed by atoms with van der Waals surface area (Å²) < 4.78 is 6.21. The summed E-state index contributed by atoms with van der Waals surface area (Å²) in [5.74, 6) is 0.620. The Kier molecular flexibility index (Phi) is 4.27. The third kappa shape index (κ3) is 2.86. The Labute approximate surface area is 119 Å². The van der Waals surface area contributed by atoms with E-state index in [2.05, 4.69) is 15.9 Å². The van der Waals surface area contributed by atoms with Gasteiger partial charge in [0.05, 0.1) is 7.11 Å². The third-order valence-electron chi connectivity index (χ3n) is 2.67. The van der Waals surface area contributed by atoms with Crippen LogP contribution in [0, 0.1) is 0 Å². The highest BCUT2D eigenvalue weighted by molar-refractivity contribution is 9.10. The van der Waals surface area contributed by atoms with Gasteiger partial charge in [-0.3, -0.25) is 0 Å². The lowest BCUT2D eigenvalue weighted by Gasteiger charge is -2.15. The number of hydrogen-bond acceptors (Lipinski definition) is 2. The quantitative estimate of drug-likeness (QED) is 0.916. The zero-order valence-corrected chi connectivity index (χ0v) is 12.1. The van der Waals surface area contributed by atoms with Crippen LogP contribution in [-0.4, -0.2) is 12.2 Å². The van der Waals surface area contributed by atoms with Crippen LogP contribution in [-0.2, 0) is 0 Å². The number of methoxy groups -OCH3 is 1. The van der Waals surface area contributed by atoms with Gasteiger partial charge in [-0.1, -0.05) is 39.7 Å². The lowest BCUT2D eigenvalue weighted by molar-refractivity contribution is 0.214. The molecule has 0 spiro atoms. The Balaban J connectivity index is 2.41. The topological polar surface area (TPSA) is 29.5 Å². The minimum absolute atomic E-state index is 0.571. The number of halogens is 2. The number of aliphatic hydroxyl groups is 1. The van der Waals surface area contributed by atoms with Gasteiger partial charge in [0.25, 0.3) is 0 Å². The molecule has 2 aromatic carbocycles. The maximum atomic E-state index is 10.4. The molecule has 0 aliphatic rings. The molecule has 4 heteroatoms. The summed E-state index contributed by atoms with van der Waals surface area (Å²) in [6.07, 6.45) is -0.758. The Bertz CT molecular complexity index is 540. The van der Waals surface area contributed by atoms with Crippen LogP contribution in [0.1, 0.15) is 17.2 Å². The summed E-state index contributed by atoms with van der Waals surface area (Å²) in [7, 11) is 1.57. The van der Waals surface area contributed by atoms with E-state index in [9.17, 15) is 5.11 Å². The van der Waals surface area contributed by atoms with Crippen LogP contribution in [0.2, 0.25) is 5.02 Å². The van der Waals surface area contributed by atoms with Gasteiger partial charge in [0, 0.05) is 15.1 Å². The molecule has 1 N–H and O–H groups in total. The first kappa shape index (κ1) is 13.4. The number of ether oxygens (including phenoxy) is 1. The van der Waals surface area contributed by atoms with Gasteiger partial charge in [0.1, 0.15) is 11.9 Å². The molecule has 2 aromatic rings. The number of hydrogen-bond donors (Lipinski definition) is 1.